The summed E-state index contributed by atoms with van der Waals surface area (Å²) in [6.45, 7) is 2.08. The summed E-state index contributed by atoms with van der Waals surface area (Å²) >= 11 is 4.92. The Bertz CT molecular complexity index is 360. The summed E-state index contributed by atoms with van der Waals surface area (Å²) in [6, 6.07) is 2.00. The summed E-state index contributed by atoms with van der Waals surface area (Å²) in [5.74, 6) is 0. The zero-order chi connectivity index (χ0) is 7.14. The molecule has 0 amide bonds. The van der Waals surface area contributed by atoms with Gasteiger partial charge in [-0.25, -0.2) is 0 Å². The SMILES string of the molecule is Cc1csc2oc(Br)cc12. The molecule has 0 fully saturated rings. The normalized spacial score (nSPS) is 11.0. The number of thiophene rings is 1. The maximum absolute atomic E-state index is 5.32. The molecule has 0 saturated heterocycles. The molecule has 3 heteroatoms. The summed E-state index contributed by atoms with van der Waals surface area (Å²) in [7, 11) is 0. The van der Waals surface area contributed by atoms with Crippen LogP contribution in [0.1, 0.15) is 5.56 Å². The highest BCUT2D eigenvalue weighted by Crippen LogP contribution is 2.30. The summed E-state index contributed by atoms with van der Waals surface area (Å²) in [4.78, 5) is 1.00. The molecular weight excluding hydrogens is 212 g/mol. The molecule has 0 aromatic carbocycles. The Labute approximate surface area is 70.8 Å². The highest BCUT2D eigenvalue weighted by atomic mass is 79.9. The fraction of sp³-hybridized carbons (Fsp3) is 0.143. The van der Waals surface area contributed by atoms with E-state index in [1.807, 2.05) is 6.07 Å². The number of aryl methyl sites for hydroxylation is 1. The van der Waals surface area contributed by atoms with Crippen LogP contribution in [0.25, 0.3) is 10.3 Å². The number of halogens is 1. The van der Waals surface area contributed by atoms with Crippen molar-refractivity contribution in [1.82, 2.24) is 0 Å². The van der Waals surface area contributed by atoms with Crippen LogP contribution < -0.4 is 0 Å². The Morgan fingerprint density at radius 1 is 1.60 bits per heavy atom. The van der Waals surface area contributed by atoms with Gasteiger partial charge in [0.25, 0.3) is 0 Å². The topological polar surface area (TPSA) is 13.1 Å². The molecular formula is C7H5BrOS. The van der Waals surface area contributed by atoms with Gasteiger partial charge in [0.1, 0.15) is 0 Å². The van der Waals surface area contributed by atoms with Gasteiger partial charge < -0.3 is 4.42 Å². The number of hydrogen-bond acceptors (Lipinski definition) is 2. The van der Waals surface area contributed by atoms with E-state index in [9.17, 15) is 0 Å². The summed E-state index contributed by atoms with van der Waals surface area (Å²) in [5.41, 5.74) is 1.29. The van der Waals surface area contributed by atoms with Crippen molar-refractivity contribution < 1.29 is 4.42 Å². The van der Waals surface area contributed by atoms with E-state index >= 15 is 0 Å². The van der Waals surface area contributed by atoms with E-state index in [0.717, 1.165) is 9.57 Å². The van der Waals surface area contributed by atoms with Gasteiger partial charge in [0.15, 0.2) is 9.57 Å². The lowest BCUT2D eigenvalue weighted by molar-refractivity contribution is 0.595. The van der Waals surface area contributed by atoms with Gasteiger partial charge in [-0.1, -0.05) is 0 Å². The minimum Gasteiger partial charge on any atom is -0.439 e. The molecule has 2 heterocycles. The Kier molecular flexibility index (Phi) is 1.35. The second-order valence-electron chi connectivity index (χ2n) is 2.17. The van der Waals surface area contributed by atoms with Gasteiger partial charge in [-0.05, 0) is 33.8 Å². The zero-order valence-corrected chi connectivity index (χ0v) is 7.75. The lowest BCUT2D eigenvalue weighted by atomic mass is 10.3. The van der Waals surface area contributed by atoms with Crippen LogP contribution in [0, 0.1) is 6.92 Å². The summed E-state index contributed by atoms with van der Waals surface area (Å²) in [6.07, 6.45) is 0. The molecule has 2 aromatic heterocycles. The molecule has 0 saturated carbocycles. The minimum absolute atomic E-state index is 0.817. The average molecular weight is 217 g/mol. The molecule has 2 aromatic rings. The maximum atomic E-state index is 5.32. The second kappa shape index (κ2) is 2.10. The van der Waals surface area contributed by atoms with Gasteiger partial charge in [0, 0.05) is 11.5 Å². The first-order chi connectivity index (χ1) is 4.77. The van der Waals surface area contributed by atoms with E-state index in [4.69, 9.17) is 4.42 Å². The molecule has 0 aliphatic heterocycles. The van der Waals surface area contributed by atoms with E-state index in [0.29, 0.717) is 0 Å². The molecule has 0 spiro atoms. The van der Waals surface area contributed by atoms with Crippen molar-refractivity contribution in [2.75, 3.05) is 0 Å². The van der Waals surface area contributed by atoms with Crippen LogP contribution in [0.2, 0.25) is 0 Å². The molecule has 0 aliphatic carbocycles. The average Bonchev–Trinajstić information content (AvgIpc) is 2.35. The van der Waals surface area contributed by atoms with Crippen LogP contribution >= 0.6 is 27.3 Å². The maximum Gasteiger partial charge on any atom is 0.189 e. The van der Waals surface area contributed by atoms with Crippen molar-refractivity contribution >= 4 is 37.5 Å². The van der Waals surface area contributed by atoms with E-state index in [2.05, 4.69) is 28.2 Å². The van der Waals surface area contributed by atoms with Crippen LogP contribution in [0.15, 0.2) is 20.5 Å². The Balaban J connectivity index is 2.90. The molecule has 2 rings (SSSR count). The van der Waals surface area contributed by atoms with E-state index in [1.165, 1.54) is 10.9 Å². The Morgan fingerprint density at radius 3 is 3.10 bits per heavy atom. The molecule has 0 aliphatic rings. The van der Waals surface area contributed by atoms with Crippen LogP contribution in [0.3, 0.4) is 0 Å². The van der Waals surface area contributed by atoms with E-state index in [-0.39, 0.29) is 0 Å². The van der Waals surface area contributed by atoms with Gasteiger partial charge in [-0.15, -0.1) is 11.3 Å². The largest absolute Gasteiger partial charge is 0.439 e. The predicted molar refractivity (Wildman–Crippen MR) is 46.5 cm³/mol. The summed E-state index contributed by atoms with van der Waals surface area (Å²) < 4.78 is 6.14. The number of rotatable bonds is 0. The highest BCUT2D eigenvalue weighted by molar-refractivity contribution is 9.10. The Hall–Kier alpha value is -0.280. The monoisotopic (exact) mass is 216 g/mol. The van der Waals surface area contributed by atoms with Crippen molar-refractivity contribution in [2.24, 2.45) is 0 Å². The van der Waals surface area contributed by atoms with E-state index < -0.39 is 0 Å². The highest BCUT2D eigenvalue weighted by Gasteiger charge is 2.04. The third-order valence-electron chi connectivity index (χ3n) is 1.44. The lowest BCUT2D eigenvalue weighted by Crippen LogP contribution is -1.56. The van der Waals surface area contributed by atoms with Crippen LogP contribution in [0.4, 0.5) is 0 Å². The van der Waals surface area contributed by atoms with Crippen LogP contribution in [-0.2, 0) is 0 Å². The number of furan rings is 1. The first-order valence-corrected chi connectivity index (χ1v) is 4.58. The standard InChI is InChI=1S/C7H5BrOS/c1-4-3-10-7-5(4)2-6(8)9-7/h2-3H,1H3. The molecule has 0 atom stereocenters. The van der Waals surface area contributed by atoms with Crippen molar-refractivity contribution in [1.29, 1.82) is 0 Å². The molecule has 52 valence electrons. The van der Waals surface area contributed by atoms with Gasteiger partial charge in [0.05, 0.1) is 0 Å². The first kappa shape index (κ1) is 6.43. The zero-order valence-electron chi connectivity index (χ0n) is 5.35. The Morgan fingerprint density at radius 2 is 2.40 bits per heavy atom. The van der Waals surface area contributed by atoms with Crippen molar-refractivity contribution in [2.45, 2.75) is 6.92 Å². The molecule has 0 N–H and O–H groups in total. The molecule has 1 nitrogen and oxygen atoms in total. The fourth-order valence-electron chi connectivity index (χ4n) is 0.913. The molecule has 0 unspecified atom stereocenters. The lowest BCUT2D eigenvalue weighted by Gasteiger charge is -1.74. The minimum atomic E-state index is 0.817. The number of fused-ring (bicyclic) bond motifs is 1. The van der Waals surface area contributed by atoms with Crippen molar-refractivity contribution in [3.8, 4) is 0 Å². The number of hydrogen-bond donors (Lipinski definition) is 0. The third kappa shape index (κ3) is 0.812. The summed E-state index contributed by atoms with van der Waals surface area (Å²) in [5, 5.41) is 3.32. The van der Waals surface area contributed by atoms with Crippen molar-refractivity contribution in [3.63, 3.8) is 0 Å². The van der Waals surface area contributed by atoms with E-state index in [1.54, 1.807) is 11.3 Å². The molecule has 10 heavy (non-hydrogen) atoms. The molecule has 0 bridgehead atoms. The fourth-order valence-corrected chi connectivity index (χ4v) is 2.31. The smallest absolute Gasteiger partial charge is 0.189 e. The van der Waals surface area contributed by atoms with Gasteiger partial charge >= 0.3 is 0 Å². The van der Waals surface area contributed by atoms with Gasteiger partial charge in [-0.3, -0.25) is 0 Å². The first-order valence-electron chi connectivity index (χ1n) is 2.90. The van der Waals surface area contributed by atoms with Crippen LogP contribution in [-0.4, -0.2) is 0 Å². The van der Waals surface area contributed by atoms with Gasteiger partial charge in [-0.2, -0.15) is 0 Å². The van der Waals surface area contributed by atoms with Crippen molar-refractivity contribution in [3.05, 3.63) is 21.7 Å². The quantitative estimate of drug-likeness (QED) is 0.657. The predicted octanol–water partition coefficient (Wildman–Crippen LogP) is 3.57. The van der Waals surface area contributed by atoms with Crippen LogP contribution in [0.5, 0.6) is 0 Å². The molecule has 0 radical (unpaired) electrons. The van der Waals surface area contributed by atoms with Gasteiger partial charge in [0.2, 0.25) is 0 Å². The third-order valence-corrected chi connectivity index (χ3v) is 2.82. The second-order valence-corrected chi connectivity index (χ2v) is 3.79.